The average Bonchev–Trinajstić information content (AvgIpc) is 2.90. The minimum atomic E-state index is -3.06. The molecule has 1 aliphatic heterocycles. The molecule has 0 bridgehead atoms. The lowest BCUT2D eigenvalue weighted by Gasteiger charge is -2.28. The predicted octanol–water partition coefficient (Wildman–Crippen LogP) is 2.02. The van der Waals surface area contributed by atoms with Crippen LogP contribution in [0.2, 0.25) is 5.02 Å². The van der Waals surface area contributed by atoms with Crippen LogP contribution in [-0.4, -0.2) is 49.9 Å². The van der Waals surface area contributed by atoms with E-state index in [4.69, 9.17) is 21.6 Å². The summed E-state index contributed by atoms with van der Waals surface area (Å²) in [5.41, 5.74) is 0.405. The van der Waals surface area contributed by atoms with E-state index in [1.54, 1.807) is 17.0 Å². The molecule has 0 radical (unpaired) electrons. The number of carbonyl (C=O) groups is 1. The number of halogens is 1. The first-order valence-electron chi connectivity index (χ1n) is 7.68. The van der Waals surface area contributed by atoms with Gasteiger partial charge in [0.15, 0.2) is 16.4 Å². The number of benzene rings is 1. The highest BCUT2D eigenvalue weighted by Gasteiger charge is 2.34. The van der Waals surface area contributed by atoms with Crippen molar-refractivity contribution in [2.45, 2.75) is 25.8 Å². The molecule has 1 atom stereocenters. The maximum atomic E-state index is 12.4. The Hall–Kier alpha value is -1.78. The highest BCUT2D eigenvalue weighted by molar-refractivity contribution is 7.91. The second-order valence-corrected chi connectivity index (χ2v) is 8.33. The fourth-order valence-electron chi connectivity index (χ4n) is 2.68. The van der Waals surface area contributed by atoms with Gasteiger partial charge in [-0.2, -0.15) is 5.26 Å². The van der Waals surface area contributed by atoms with E-state index in [2.05, 4.69) is 0 Å². The summed E-state index contributed by atoms with van der Waals surface area (Å²) in [6.45, 7) is 2.20. The number of rotatable bonds is 6. The van der Waals surface area contributed by atoms with E-state index in [9.17, 15) is 13.2 Å². The van der Waals surface area contributed by atoms with Gasteiger partial charge in [0.25, 0.3) is 5.91 Å². The molecule has 0 N–H and O–H groups in total. The van der Waals surface area contributed by atoms with E-state index in [1.165, 1.54) is 6.07 Å². The van der Waals surface area contributed by atoms with E-state index >= 15 is 0 Å². The first-order valence-corrected chi connectivity index (χ1v) is 9.88. The molecule has 0 saturated carbocycles. The Morgan fingerprint density at radius 1 is 1.50 bits per heavy atom. The van der Waals surface area contributed by atoms with Gasteiger partial charge in [-0.1, -0.05) is 18.5 Å². The quantitative estimate of drug-likeness (QED) is 0.764. The zero-order chi connectivity index (χ0) is 17.7. The molecule has 1 saturated heterocycles. The molecule has 8 heteroatoms. The number of hydrogen-bond acceptors (Lipinski definition) is 5. The second kappa shape index (κ2) is 7.86. The summed E-state index contributed by atoms with van der Waals surface area (Å²) in [5.74, 6) is 0.183. The van der Waals surface area contributed by atoms with Crippen molar-refractivity contribution in [1.82, 2.24) is 4.90 Å². The van der Waals surface area contributed by atoms with Gasteiger partial charge in [0.2, 0.25) is 0 Å². The van der Waals surface area contributed by atoms with E-state index in [1.807, 2.05) is 13.0 Å². The molecule has 0 spiro atoms. The highest BCUT2D eigenvalue weighted by atomic mass is 35.5. The number of sulfone groups is 1. The van der Waals surface area contributed by atoms with Crippen molar-refractivity contribution < 1.29 is 17.9 Å². The lowest BCUT2D eigenvalue weighted by molar-refractivity contribution is -0.135. The first kappa shape index (κ1) is 18.6. The molecular weight excluding hydrogens is 352 g/mol. The Labute approximate surface area is 146 Å². The van der Waals surface area contributed by atoms with Gasteiger partial charge in [0.05, 0.1) is 28.2 Å². The van der Waals surface area contributed by atoms with Crippen LogP contribution >= 0.6 is 11.6 Å². The first-order chi connectivity index (χ1) is 11.4. The maximum Gasteiger partial charge on any atom is 0.260 e. The summed E-state index contributed by atoms with van der Waals surface area (Å²) >= 11 is 6.02. The molecule has 0 aliphatic carbocycles. The zero-order valence-corrected chi connectivity index (χ0v) is 14.9. The molecule has 6 nitrogen and oxygen atoms in total. The van der Waals surface area contributed by atoms with Crippen LogP contribution in [0.25, 0.3) is 0 Å². The van der Waals surface area contributed by atoms with E-state index in [0.717, 1.165) is 6.42 Å². The lowest BCUT2D eigenvalue weighted by atomic mass is 10.2. The monoisotopic (exact) mass is 370 g/mol. The van der Waals surface area contributed by atoms with Crippen molar-refractivity contribution in [3.8, 4) is 11.8 Å². The summed E-state index contributed by atoms with van der Waals surface area (Å²) in [4.78, 5) is 14.0. The van der Waals surface area contributed by atoms with Gasteiger partial charge in [0.1, 0.15) is 5.75 Å². The third-order valence-corrected chi connectivity index (χ3v) is 5.89. The Morgan fingerprint density at radius 3 is 2.79 bits per heavy atom. The molecule has 2 rings (SSSR count). The predicted molar refractivity (Wildman–Crippen MR) is 90.7 cm³/mol. The van der Waals surface area contributed by atoms with E-state index < -0.39 is 9.84 Å². The standard InChI is InChI=1S/C16H19ClN2O4S/c1-2-6-19(13-5-7-24(21,22)11-13)16(20)10-23-15-4-3-12(9-18)8-14(15)17/h3-4,8,13H,2,5-7,10-11H2,1H3/t13-/m1/s1. The van der Waals surface area contributed by atoms with E-state index in [-0.39, 0.29) is 35.1 Å². The van der Waals surface area contributed by atoms with Crippen LogP contribution in [0.4, 0.5) is 0 Å². The number of nitrogens with zero attached hydrogens (tertiary/aromatic N) is 2. The average molecular weight is 371 g/mol. The van der Waals surface area contributed by atoms with Gasteiger partial charge in [0, 0.05) is 12.6 Å². The summed E-state index contributed by atoms with van der Waals surface area (Å²) < 4.78 is 28.7. The van der Waals surface area contributed by atoms with Crippen LogP contribution in [0.5, 0.6) is 5.75 Å². The third-order valence-electron chi connectivity index (χ3n) is 3.85. The topological polar surface area (TPSA) is 87.5 Å². The molecule has 24 heavy (non-hydrogen) atoms. The molecule has 0 aromatic heterocycles. The largest absolute Gasteiger partial charge is 0.482 e. The van der Waals surface area contributed by atoms with Crippen molar-refractivity contribution in [1.29, 1.82) is 5.26 Å². The molecule has 1 aromatic carbocycles. The second-order valence-electron chi connectivity index (χ2n) is 5.69. The number of ether oxygens (including phenoxy) is 1. The number of carbonyl (C=O) groups excluding carboxylic acids is 1. The van der Waals surface area contributed by atoms with Gasteiger partial charge in [-0.15, -0.1) is 0 Å². The maximum absolute atomic E-state index is 12.4. The number of amides is 1. The van der Waals surface area contributed by atoms with Gasteiger partial charge in [-0.3, -0.25) is 4.79 Å². The number of hydrogen-bond donors (Lipinski definition) is 0. The smallest absolute Gasteiger partial charge is 0.260 e. The van der Waals surface area contributed by atoms with Crippen LogP contribution in [0.3, 0.4) is 0 Å². The van der Waals surface area contributed by atoms with Gasteiger partial charge in [-0.05, 0) is 31.0 Å². The highest BCUT2D eigenvalue weighted by Crippen LogP contribution is 2.25. The van der Waals surface area contributed by atoms with Gasteiger partial charge in [-0.25, -0.2) is 8.42 Å². The Bertz CT molecular complexity index is 758. The fourth-order valence-corrected chi connectivity index (χ4v) is 4.65. The zero-order valence-electron chi connectivity index (χ0n) is 13.4. The van der Waals surface area contributed by atoms with E-state index in [0.29, 0.717) is 24.3 Å². The summed E-state index contributed by atoms with van der Waals surface area (Å²) in [6, 6.07) is 6.24. The van der Waals surface area contributed by atoms with Crippen molar-refractivity contribution in [3.05, 3.63) is 28.8 Å². The molecule has 130 valence electrons. The normalized spacial score (nSPS) is 18.8. The van der Waals surface area contributed by atoms with Crippen molar-refractivity contribution in [2.24, 2.45) is 0 Å². The summed E-state index contributed by atoms with van der Waals surface area (Å²) in [6.07, 6.45) is 1.20. The fraction of sp³-hybridized carbons (Fsp3) is 0.500. The molecule has 1 heterocycles. The Kier molecular flexibility index (Phi) is 6.08. The van der Waals surface area contributed by atoms with Gasteiger partial charge >= 0.3 is 0 Å². The minimum absolute atomic E-state index is 0.0103. The van der Waals surface area contributed by atoms with Crippen molar-refractivity contribution >= 4 is 27.3 Å². The Balaban J connectivity index is 2.02. The number of nitriles is 1. The molecule has 1 fully saturated rings. The summed E-state index contributed by atoms with van der Waals surface area (Å²) in [7, 11) is -3.06. The summed E-state index contributed by atoms with van der Waals surface area (Å²) in [5, 5.41) is 9.06. The minimum Gasteiger partial charge on any atom is -0.482 e. The molecule has 1 amide bonds. The lowest BCUT2D eigenvalue weighted by Crippen LogP contribution is -2.44. The molecular formula is C16H19ClN2O4S. The molecule has 1 aromatic rings. The van der Waals surface area contributed by atoms with Crippen molar-refractivity contribution in [3.63, 3.8) is 0 Å². The third kappa shape index (κ3) is 4.62. The van der Waals surface area contributed by atoms with Gasteiger partial charge < -0.3 is 9.64 Å². The SMILES string of the molecule is CCCN(C(=O)COc1ccc(C#N)cc1Cl)[C@@H]1CCS(=O)(=O)C1. The van der Waals surface area contributed by atoms with Crippen LogP contribution in [0.15, 0.2) is 18.2 Å². The Morgan fingerprint density at radius 2 is 2.25 bits per heavy atom. The molecule has 1 aliphatic rings. The molecule has 0 unspecified atom stereocenters. The van der Waals surface area contributed by atoms with Crippen LogP contribution in [0.1, 0.15) is 25.3 Å². The van der Waals surface area contributed by atoms with Crippen LogP contribution in [0, 0.1) is 11.3 Å². The van der Waals surface area contributed by atoms with Crippen LogP contribution in [-0.2, 0) is 14.6 Å². The van der Waals surface area contributed by atoms with Crippen LogP contribution < -0.4 is 4.74 Å². The van der Waals surface area contributed by atoms with Crippen molar-refractivity contribution in [2.75, 3.05) is 24.7 Å².